The van der Waals surface area contributed by atoms with E-state index in [0.29, 0.717) is 11.6 Å². The first-order valence-electron chi connectivity index (χ1n) is 9.57. The van der Waals surface area contributed by atoms with Crippen LogP contribution in [0, 0.1) is 0 Å². The highest BCUT2D eigenvalue weighted by atomic mass is 16.2. The summed E-state index contributed by atoms with van der Waals surface area (Å²) >= 11 is 0. The van der Waals surface area contributed by atoms with Crippen LogP contribution in [0.1, 0.15) is 47.8 Å². The van der Waals surface area contributed by atoms with Gasteiger partial charge >= 0.3 is 0 Å². The molecule has 1 saturated carbocycles. The number of hydrogen-bond donors (Lipinski definition) is 1. The highest BCUT2D eigenvalue weighted by Gasteiger charge is 2.28. The van der Waals surface area contributed by atoms with Gasteiger partial charge in [0, 0.05) is 50.7 Å². The number of rotatable bonds is 4. The second-order valence-corrected chi connectivity index (χ2v) is 7.53. The van der Waals surface area contributed by atoms with Crippen molar-refractivity contribution in [1.29, 1.82) is 0 Å². The molecule has 0 unspecified atom stereocenters. The van der Waals surface area contributed by atoms with Gasteiger partial charge in [-0.05, 0) is 37.8 Å². The van der Waals surface area contributed by atoms with Crippen molar-refractivity contribution in [3.63, 3.8) is 0 Å². The molecule has 27 heavy (non-hydrogen) atoms. The zero-order valence-electron chi connectivity index (χ0n) is 15.4. The number of nitrogens with one attached hydrogen (secondary N) is 1. The van der Waals surface area contributed by atoms with Crippen LogP contribution >= 0.6 is 0 Å². The normalized spacial score (nSPS) is 18.2. The second kappa shape index (κ2) is 6.37. The molecule has 1 aliphatic carbocycles. The third-order valence-corrected chi connectivity index (χ3v) is 5.46. The lowest BCUT2D eigenvalue weighted by molar-refractivity contribution is 0.0925. The molecular formula is C19H23N7O. The van der Waals surface area contributed by atoms with Crippen LogP contribution in [0.5, 0.6) is 0 Å². The number of carbonyl (C=O) groups excluding carboxylic acids is 1. The molecule has 8 heteroatoms. The Morgan fingerprint density at radius 3 is 2.67 bits per heavy atom. The van der Waals surface area contributed by atoms with Crippen molar-refractivity contribution < 1.29 is 4.79 Å². The maximum Gasteiger partial charge on any atom is 0.271 e. The third-order valence-electron chi connectivity index (χ3n) is 5.46. The van der Waals surface area contributed by atoms with Crippen LogP contribution in [-0.2, 0) is 7.05 Å². The minimum Gasteiger partial charge on any atom is -0.355 e. The Morgan fingerprint density at radius 2 is 1.96 bits per heavy atom. The molecule has 0 bridgehead atoms. The van der Waals surface area contributed by atoms with Crippen LogP contribution in [0.2, 0.25) is 0 Å². The van der Waals surface area contributed by atoms with E-state index < -0.39 is 0 Å². The van der Waals surface area contributed by atoms with Crippen LogP contribution in [0.25, 0.3) is 5.52 Å². The van der Waals surface area contributed by atoms with Gasteiger partial charge in [-0.2, -0.15) is 10.2 Å². The molecule has 1 saturated heterocycles. The molecule has 0 aromatic carbocycles. The van der Waals surface area contributed by atoms with Crippen molar-refractivity contribution in [3.8, 4) is 0 Å². The van der Waals surface area contributed by atoms with Gasteiger partial charge in [0.1, 0.15) is 11.2 Å². The first-order chi connectivity index (χ1) is 13.2. The van der Waals surface area contributed by atoms with E-state index in [4.69, 9.17) is 5.10 Å². The van der Waals surface area contributed by atoms with E-state index in [9.17, 15) is 4.79 Å². The zero-order chi connectivity index (χ0) is 18.4. The quantitative estimate of drug-likeness (QED) is 0.762. The average molecular weight is 365 g/mol. The van der Waals surface area contributed by atoms with E-state index in [-0.39, 0.29) is 11.9 Å². The lowest BCUT2D eigenvalue weighted by Gasteiger charge is -2.33. The van der Waals surface area contributed by atoms with Crippen LogP contribution in [0.4, 0.5) is 5.82 Å². The van der Waals surface area contributed by atoms with Gasteiger partial charge < -0.3 is 10.2 Å². The molecule has 3 aromatic rings. The summed E-state index contributed by atoms with van der Waals surface area (Å²) in [6.07, 6.45) is 9.80. The fourth-order valence-electron chi connectivity index (χ4n) is 3.78. The van der Waals surface area contributed by atoms with Gasteiger partial charge in [0.2, 0.25) is 0 Å². The molecule has 1 aliphatic heterocycles. The van der Waals surface area contributed by atoms with Crippen LogP contribution in [0.3, 0.4) is 0 Å². The number of aromatic nitrogens is 5. The molecule has 0 spiro atoms. The maximum absolute atomic E-state index is 12.3. The van der Waals surface area contributed by atoms with Crippen molar-refractivity contribution in [2.24, 2.45) is 7.05 Å². The van der Waals surface area contributed by atoms with Crippen molar-refractivity contribution in [3.05, 3.63) is 42.1 Å². The van der Waals surface area contributed by atoms with Crippen molar-refractivity contribution >= 4 is 17.2 Å². The fraction of sp³-hybridized carbons (Fsp3) is 0.474. The minimum absolute atomic E-state index is 0.0980. The average Bonchev–Trinajstić information content (AvgIpc) is 3.28. The molecule has 1 N–H and O–H groups in total. The summed E-state index contributed by atoms with van der Waals surface area (Å²) in [5, 5.41) is 12.0. The standard InChI is InChI=1S/C19H23N7O/c1-24-8-6-15(22-24)19(27)21-14-4-9-25(10-5-14)18-17-12-16(13-2-3-13)23-26(17)11-7-20-18/h6-8,11-14H,2-5,9-10H2,1H3,(H,21,27). The van der Waals surface area contributed by atoms with E-state index in [1.54, 1.807) is 16.9 Å². The number of aryl methyl sites for hydroxylation is 1. The predicted octanol–water partition coefficient (Wildman–Crippen LogP) is 1.74. The summed E-state index contributed by atoms with van der Waals surface area (Å²) in [4.78, 5) is 19.2. The number of anilines is 1. The van der Waals surface area contributed by atoms with E-state index >= 15 is 0 Å². The molecular weight excluding hydrogens is 342 g/mol. The summed E-state index contributed by atoms with van der Waals surface area (Å²) < 4.78 is 3.59. The molecule has 4 heterocycles. The lowest BCUT2D eigenvalue weighted by Crippen LogP contribution is -2.45. The number of nitrogens with zero attached hydrogens (tertiary/aromatic N) is 6. The summed E-state index contributed by atoms with van der Waals surface area (Å²) in [6, 6.07) is 4.10. The monoisotopic (exact) mass is 365 g/mol. The van der Waals surface area contributed by atoms with Crippen LogP contribution in [-0.4, -0.2) is 49.4 Å². The van der Waals surface area contributed by atoms with Crippen molar-refractivity contribution in [2.75, 3.05) is 18.0 Å². The Labute approximate surface area is 157 Å². The zero-order valence-corrected chi connectivity index (χ0v) is 15.4. The predicted molar refractivity (Wildman–Crippen MR) is 101 cm³/mol. The molecule has 3 aromatic heterocycles. The number of carbonyl (C=O) groups is 1. The fourth-order valence-corrected chi connectivity index (χ4v) is 3.78. The molecule has 0 radical (unpaired) electrons. The summed E-state index contributed by atoms with van der Waals surface area (Å²) in [6.45, 7) is 1.73. The van der Waals surface area contributed by atoms with Gasteiger partial charge in [0.25, 0.3) is 5.91 Å². The lowest BCUT2D eigenvalue weighted by atomic mass is 10.0. The number of amides is 1. The van der Waals surface area contributed by atoms with E-state index in [0.717, 1.165) is 37.3 Å². The smallest absolute Gasteiger partial charge is 0.271 e. The number of hydrogen-bond acceptors (Lipinski definition) is 5. The first kappa shape index (κ1) is 16.3. The number of piperidine rings is 1. The van der Waals surface area contributed by atoms with Gasteiger partial charge in [-0.25, -0.2) is 9.50 Å². The van der Waals surface area contributed by atoms with Crippen molar-refractivity contribution in [1.82, 2.24) is 29.7 Å². The van der Waals surface area contributed by atoms with E-state index in [2.05, 4.69) is 26.4 Å². The summed E-state index contributed by atoms with van der Waals surface area (Å²) in [5.41, 5.74) is 2.73. The Kier molecular flexibility index (Phi) is 3.84. The molecule has 2 fully saturated rings. The molecule has 5 rings (SSSR count). The van der Waals surface area contributed by atoms with Crippen molar-refractivity contribution in [2.45, 2.75) is 37.6 Å². The molecule has 8 nitrogen and oxygen atoms in total. The first-order valence-corrected chi connectivity index (χ1v) is 9.57. The van der Waals surface area contributed by atoms with Gasteiger partial charge in [0.15, 0.2) is 5.82 Å². The second-order valence-electron chi connectivity index (χ2n) is 7.53. The van der Waals surface area contributed by atoms with E-state index in [1.807, 2.05) is 24.0 Å². The molecule has 0 atom stereocenters. The summed E-state index contributed by atoms with van der Waals surface area (Å²) in [7, 11) is 1.81. The molecule has 2 aliphatic rings. The highest BCUT2D eigenvalue weighted by Crippen LogP contribution is 2.40. The van der Waals surface area contributed by atoms with Crippen LogP contribution in [0.15, 0.2) is 30.7 Å². The van der Waals surface area contributed by atoms with Crippen LogP contribution < -0.4 is 10.2 Å². The number of fused-ring (bicyclic) bond motifs is 1. The summed E-state index contributed by atoms with van der Waals surface area (Å²) in [5.74, 6) is 1.52. The Bertz CT molecular complexity index is 979. The van der Waals surface area contributed by atoms with Gasteiger partial charge in [-0.1, -0.05) is 0 Å². The van der Waals surface area contributed by atoms with Gasteiger partial charge in [0.05, 0.1) is 5.69 Å². The van der Waals surface area contributed by atoms with Gasteiger partial charge in [-0.3, -0.25) is 9.48 Å². The largest absolute Gasteiger partial charge is 0.355 e. The Hall–Kier alpha value is -2.90. The molecule has 1 amide bonds. The Balaban J connectivity index is 1.26. The van der Waals surface area contributed by atoms with Gasteiger partial charge in [-0.15, -0.1) is 0 Å². The SMILES string of the molecule is Cn1ccc(C(=O)NC2CCN(c3nccn4nc(C5CC5)cc34)CC2)n1. The minimum atomic E-state index is -0.0980. The maximum atomic E-state index is 12.3. The van der Waals surface area contributed by atoms with E-state index in [1.165, 1.54) is 18.5 Å². The third kappa shape index (κ3) is 3.15. The highest BCUT2D eigenvalue weighted by molar-refractivity contribution is 5.92. The topological polar surface area (TPSA) is 80.4 Å². The molecule has 140 valence electrons. The Morgan fingerprint density at radius 1 is 1.15 bits per heavy atom.